The monoisotopic (exact) mass is 239 g/mol. The molecule has 6 nitrogen and oxygen atoms in total. The minimum Gasteiger partial charge on any atom is -0.482 e. The molecule has 84 valence electrons. The van der Waals surface area contributed by atoms with Crippen LogP contribution >= 0.6 is 11.6 Å². The summed E-state index contributed by atoms with van der Waals surface area (Å²) in [4.78, 5) is 1.36. The Morgan fingerprint density at radius 2 is 2.31 bits per heavy atom. The highest BCUT2D eigenvalue weighted by Gasteiger charge is 2.07. The first-order chi connectivity index (χ1) is 7.66. The largest absolute Gasteiger partial charge is 0.482 e. The quantitative estimate of drug-likeness (QED) is 0.810. The van der Waals surface area contributed by atoms with E-state index in [1.165, 1.54) is 4.80 Å². The zero-order valence-corrected chi connectivity index (χ0v) is 9.35. The van der Waals surface area contributed by atoms with E-state index in [-0.39, 0.29) is 6.61 Å². The van der Waals surface area contributed by atoms with Gasteiger partial charge < -0.3 is 10.5 Å². The SMILES string of the molecule is Cn1nnc(COc2c(N)cccc2Cl)n1. The number of halogens is 1. The van der Waals surface area contributed by atoms with Crippen LogP contribution in [0.4, 0.5) is 5.69 Å². The van der Waals surface area contributed by atoms with E-state index in [9.17, 15) is 0 Å². The fourth-order valence-electron chi connectivity index (χ4n) is 1.20. The van der Waals surface area contributed by atoms with E-state index in [1.54, 1.807) is 25.2 Å². The van der Waals surface area contributed by atoms with Crippen molar-refractivity contribution in [3.05, 3.63) is 29.0 Å². The Bertz CT molecular complexity index is 478. The molecule has 0 unspecified atom stereocenters. The van der Waals surface area contributed by atoms with Gasteiger partial charge in [-0.15, -0.1) is 10.2 Å². The number of hydrogen-bond acceptors (Lipinski definition) is 5. The number of para-hydroxylation sites is 1. The molecule has 0 aliphatic heterocycles. The normalized spacial score (nSPS) is 10.4. The summed E-state index contributed by atoms with van der Waals surface area (Å²) >= 11 is 5.93. The Morgan fingerprint density at radius 1 is 1.50 bits per heavy atom. The second-order valence-electron chi connectivity index (χ2n) is 3.14. The number of anilines is 1. The number of nitrogens with zero attached hydrogens (tertiary/aromatic N) is 4. The molecule has 1 aromatic heterocycles. The number of tetrazole rings is 1. The molecule has 16 heavy (non-hydrogen) atoms. The van der Waals surface area contributed by atoms with Gasteiger partial charge in [-0.05, 0) is 17.3 Å². The maximum absolute atomic E-state index is 5.93. The average molecular weight is 240 g/mol. The van der Waals surface area contributed by atoms with Crippen molar-refractivity contribution in [3.63, 3.8) is 0 Å². The first-order valence-corrected chi connectivity index (χ1v) is 4.94. The molecule has 1 heterocycles. The van der Waals surface area contributed by atoms with Crippen molar-refractivity contribution in [2.24, 2.45) is 7.05 Å². The fraction of sp³-hybridized carbons (Fsp3) is 0.222. The van der Waals surface area contributed by atoms with E-state index in [1.807, 2.05) is 0 Å². The standard InChI is InChI=1S/C9H10ClN5O/c1-15-13-8(12-14-15)5-16-9-6(10)3-2-4-7(9)11/h2-4H,5,11H2,1H3. The number of benzene rings is 1. The molecule has 0 fully saturated rings. The van der Waals surface area contributed by atoms with Crippen LogP contribution in [0.5, 0.6) is 5.75 Å². The summed E-state index contributed by atoms with van der Waals surface area (Å²) in [5.74, 6) is 0.915. The minimum atomic E-state index is 0.182. The minimum absolute atomic E-state index is 0.182. The second-order valence-corrected chi connectivity index (χ2v) is 3.55. The third-order valence-corrected chi connectivity index (χ3v) is 2.19. The molecule has 0 aliphatic carbocycles. The van der Waals surface area contributed by atoms with Crippen molar-refractivity contribution in [2.45, 2.75) is 6.61 Å². The highest BCUT2D eigenvalue weighted by Crippen LogP contribution is 2.30. The van der Waals surface area contributed by atoms with Crippen LogP contribution in [0.3, 0.4) is 0 Å². The maximum Gasteiger partial charge on any atom is 0.212 e. The van der Waals surface area contributed by atoms with Crippen LogP contribution in [0.1, 0.15) is 5.82 Å². The number of nitrogens with two attached hydrogens (primary N) is 1. The predicted octanol–water partition coefficient (Wildman–Crippen LogP) is 1.02. The zero-order valence-electron chi connectivity index (χ0n) is 8.59. The summed E-state index contributed by atoms with van der Waals surface area (Å²) in [6, 6.07) is 5.17. The molecule has 0 saturated heterocycles. The van der Waals surface area contributed by atoms with Gasteiger partial charge in [0.2, 0.25) is 5.82 Å². The predicted molar refractivity (Wildman–Crippen MR) is 59.0 cm³/mol. The number of ether oxygens (including phenoxy) is 1. The first kappa shape index (κ1) is 10.7. The molecule has 0 spiro atoms. The van der Waals surface area contributed by atoms with Gasteiger partial charge in [0.25, 0.3) is 0 Å². The summed E-state index contributed by atoms with van der Waals surface area (Å²) in [6.07, 6.45) is 0. The molecule has 0 radical (unpaired) electrons. The van der Waals surface area contributed by atoms with Crippen molar-refractivity contribution < 1.29 is 4.74 Å². The molecule has 2 N–H and O–H groups in total. The Kier molecular flexibility index (Phi) is 2.91. The molecule has 2 aromatic rings. The Balaban J connectivity index is 2.10. The van der Waals surface area contributed by atoms with Crippen LogP contribution in [0.2, 0.25) is 5.02 Å². The van der Waals surface area contributed by atoms with Crippen LogP contribution < -0.4 is 10.5 Å². The van der Waals surface area contributed by atoms with Crippen molar-refractivity contribution in [3.8, 4) is 5.75 Å². The van der Waals surface area contributed by atoms with Gasteiger partial charge in [-0.25, -0.2) is 0 Å². The molecular weight excluding hydrogens is 230 g/mol. The van der Waals surface area contributed by atoms with Gasteiger partial charge in [0, 0.05) is 0 Å². The van der Waals surface area contributed by atoms with Crippen molar-refractivity contribution >= 4 is 17.3 Å². The number of rotatable bonds is 3. The van der Waals surface area contributed by atoms with Gasteiger partial charge in [-0.1, -0.05) is 17.7 Å². The lowest BCUT2D eigenvalue weighted by atomic mass is 10.3. The third kappa shape index (κ3) is 2.22. The van der Waals surface area contributed by atoms with Gasteiger partial charge in [0.05, 0.1) is 17.8 Å². The van der Waals surface area contributed by atoms with Gasteiger partial charge >= 0.3 is 0 Å². The Hall–Kier alpha value is -1.82. The lowest BCUT2D eigenvalue weighted by molar-refractivity contribution is 0.297. The number of hydrogen-bond donors (Lipinski definition) is 1. The van der Waals surface area contributed by atoms with Crippen LogP contribution in [-0.2, 0) is 13.7 Å². The summed E-state index contributed by atoms with van der Waals surface area (Å²) < 4.78 is 5.43. The van der Waals surface area contributed by atoms with Crippen LogP contribution in [-0.4, -0.2) is 20.2 Å². The summed E-state index contributed by atoms with van der Waals surface area (Å²) in [5, 5.41) is 11.9. The highest BCUT2D eigenvalue weighted by atomic mass is 35.5. The average Bonchev–Trinajstić information content (AvgIpc) is 2.63. The first-order valence-electron chi connectivity index (χ1n) is 4.56. The molecule has 2 rings (SSSR count). The third-order valence-electron chi connectivity index (χ3n) is 1.89. The van der Waals surface area contributed by atoms with Crippen molar-refractivity contribution in [1.29, 1.82) is 0 Å². The molecule has 0 bridgehead atoms. The molecule has 7 heteroatoms. The fourth-order valence-corrected chi connectivity index (χ4v) is 1.43. The molecular formula is C9H10ClN5O. The smallest absolute Gasteiger partial charge is 0.212 e. The summed E-state index contributed by atoms with van der Waals surface area (Å²) in [5.41, 5.74) is 6.20. The summed E-state index contributed by atoms with van der Waals surface area (Å²) in [7, 11) is 1.68. The van der Waals surface area contributed by atoms with Crippen molar-refractivity contribution in [2.75, 3.05) is 5.73 Å². The van der Waals surface area contributed by atoms with E-state index in [0.29, 0.717) is 22.3 Å². The molecule has 0 saturated carbocycles. The number of aromatic nitrogens is 4. The zero-order chi connectivity index (χ0) is 11.5. The molecule has 0 aliphatic rings. The van der Waals surface area contributed by atoms with E-state index in [2.05, 4.69) is 15.4 Å². The van der Waals surface area contributed by atoms with E-state index >= 15 is 0 Å². The lowest BCUT2D eigenvalue weighted by Gasteiger charge is -2.08. The Labute approximate surface area is 97.0 Å². The second kappa shape index (κ2) is 4.36. The van der Waals surface area contributed by atoms with Crippen LogP contribution in [0.25, 0.3) is 0 Å². The molecule has 0 amide bonds. The number of nitrogen functional groups attached to an aromatic ring is 1. The molecule has 1 aromatic carbocycles. The Morgan fingerprint density at radius 3 is 2.94 bits per heavy atom. The van der Waals surface area contributed by atoms with Crippen molar-refractivity contribution in [1.82, 2.24) is 20.2 Å². The topological polar surface area (TPSA) is 78.8 Å². The van der Waals surface area contributed by atoms with E-state index < -0.39 is 0 Å². The van der Waals surface area contributed by atoms with Crippen LogP contribution in [0.15, 0.2) is 18.2 Å². The lowest BCUT2D eigenvalue weighted by Crippen LogP contribution is -2.01. The number of aryl methyl sites for hydroxylation is 1. The van der Waals surface area contributed by atoms with Gasteiger partial charge in [-0.3, -0.25) is 0 Å². The summed E-state index contributed by atoms with van der Waals surface area (Å²) in [6.45, 7) is 0.182. The van der Waals surface area contributed by atoms with Gasteiger partial charge in [0.15, 0.2) is 12.4 Å². The highest BCUT2D eigenvalue weighted by molar-refractivity contribution is 6.32. The molecule has 0 atom stereocenters. The van der Waals surface area contributed by atoms with Crippen LogP contribution in [0, 0.1) is 0 Å². The van der Waals surface area contributed by atoms with E-state index in [4.69, 9.17) is 22.1 Å². The maximum atomic E-state index is 5.93. The van der Waals surface area contributed by atoms with E-state index in [0.717, 1.165) is 0 Å². The van der Waals surface area contributed by atoms with Gasteiger partial charge in [-0.2, -0.15) is 4.80 Å². The van der Waals surface area contributed by atoms with Gasteiger partial charge in [0.1, 0.15) is 0 Å².